The minimum Gasteiger partial charge on any atom is -0.307 e. The summed E-state index contributed by atoms with van der Waals surface area (Å²) in [5.74, 6) is 0.672. The molecule has 94 valence electrons. The lowest BCUT2D eigenvalue weighted by atomic mass is 10.2. The second-order valence-corrected chi connectivity index (χ2v) is 4.21. The second kappa shape index (κ2) is 4.46. The first-order valence-corrected chi connectivity index (χ1v) is 5.85. The summed E-state index contributed by atoms with van der Waals surface area (Å²) in [7, 11) is 0. The normalized spacial score (nSPS) is 13.6. The quantitative estimate of drug-likeness (QED) is 0.828. The zero-order chi connectivity index (χ0) is 13.2. The third-order valence-electron chi connectivity index (χ3n) is 2.98. The number of amides is 2. The first-order valence-electron chi connectivity index (χ1n) is 5.85. The Morgan fingerprint density at radius 1 is 1.37 bits per heavy atom. The van der Waals surface area contributed by atoms with Gasteiger partial charge in [0.1, 0.15) is 12.4 Å². The van der Waals surface area contributed by atoms with Gasteiger partial charge in [-0.1, -0.05) is 18.2 Å². The van der Waals surface area contributed by atoms with E-state index in [1.54, 1.807) is 10.9 Å². The van der Waals surface area contributed by atoms with Gasteiger partial charge in [-0.05, 0) is 12.1 Å². The lowest BCUT2D eigenvalue weighted by Gasteiger charge is -2.25. The number of carbonyl (C=O) groups is 1. The molecule has 0 saturated heterocycles. The number of hydrogen-bond donors (Lipinski definition) is 1. The van der Waals surface area contributed by atoms with Crippen LogP contribution in [0.3, 0.4) is 0 Å². The Balaban J connectivity index is 1.98. The van der Waals surface area contributed by atoms with Crippen LogP contribution in [0.2, 0.25) is 0 Å². The highest BCUT2D eigenvalue weighted by atomic mass is 16.2. The summed E-state index contributed by atoms with van der Waals surface area (Å²) in [6.07, 6.45) is 1.71. The number of nitrogens with one attached hydrogen (secondary N) is 1. The molecule has 3 rings (SSSR count). The van der Waals surface area contributed by atoms with Crippen molar-refractivity contribution in [3.8, 4) is 11.8 Å². The number of rotatable bonds is 2. The summed E-state index contributed by atoms with van der Waals surface area (Å²) < 4.78 is 1.69. The standard InChI is InChI=1S/C13H11N5O/c14-6-7-17-9-10-8-15-18(12(10)16-13(17)19)11-4-2-1-3-5-11/h1-5,8H,7,9H2,(H,16,19). The van der Waals surface area contributed by atoms with E-state index in [0.717, 1.165) is 11.3 Å². The van der Waals surface area contributed by atoms with E-state index in [-0.39, 0.29) is 12.6 Å². The number of fused-ring (bicyclic) bond motifs is 1. The SMILES string of the molecule is N#CCN1Cc2cnn(-c3ccccc3)c2NC1=O. The molecule has 2 amide bonds. The monoisotopic (exact) mass is 253 g/mol. The first kappa shape index (κ1) is 11.3. The maximum absolute atomic E-state index is 11.9. The number of anilines is 1. The van der Waals surface area contributed by atoms with Crippen molar-refractivity contribution in [3.63, 3.8) is 0 Å². The van der Waals surface area contributed by atoms with Crippen molar-refractivity contribution in [1.82, 2.24) is 14.7 Å². The van der Waals surface area contributed by atoms with E-state index >= 15 is 0 Å². The number of nitrogens with zero attached hydrogens (tertiary/aromatic N) is 4. The minimum absolute atomic E-state index is 0.0712. The lowest BCUT2D eigenvalue weighted by Crippen LogP contribution is -2.39. The van der Waals surface area contributed by atoms with Gasteiger partial charge in [-0.2, -0.15) is 10.4 Å². The molecule has 1 aliphatic rings. The molecule has 0 aliphatic carbocycles. The Hall–Kier alpha value is -2.81. The van der Waals surface area contributed by atoms with Crippen molar-refractivity contribution in [3.05, 3.63) is 42.1 Å². The highest BCUT2D eigenvalue weighted by molar-refractivity contribution is 5.91. The molecule has 2 heterocycles. The van der Waals surface area contributed by atoms with Crippen LogP contribution >= 0.6 is 0 Å². The van der Waals surface area contributed by atoms with Gasteiger partial charge < -0.3 is 4.90 Å². The van der Waals surface area contributed by atoms with Gasteiger partial charge in [0.25, 0.3) is 0 Å². The Bertz CT molecular complexity index is 655. The Kier molecular flexibility index (Phi) is 2.65. The minimum atomic E-state index is -0.272. The van der Waals surface area contributed by atoms with E-state index in [1.807, 2.05) is 36.4 Å². The molecule has 19 heavy (non-hydrogen) atoms. The topological polar surface area (TPSA) is 74.0 Å². The van der Waals surface area contributed by atoms with Crippen LogP contribution in [0.1, 0.15) is 5.56 Å². The van der Waals surface area contributed by atoms with Gasteiger partial charge in [0, 0.05) is 5.56 Å². The molecule has 1 aliphatic heterocycles. The van der Waals surface area contributed by atoms with Gasteiger partial charge in [0.05, 0.1) is 24.5 Å². The van der Waals surface area contributed by atoms with Crippen molar-refractivity contribution >= 4 is 11.8 Å². The summed E-state index contributed by atoms with van der Waals surface area (Å²) in [6.45, 7) is 0.476. The third-order valence-corrected chi connectivity index (χ3v) is 2.98. The summed E-state index contributed by atoms with van der Waals surface area (Å²) >= 11 is 0. The first-order chi connectivity index (χ1) is 9.29. The second-order valence-electron chi connectivity index (χ2n) is 4.21. The Labute approximate surface area is 109 Å². The van der Waals surface area contributed by atoms with Crippen LogP contribution in [0.25, 0.3) is 5.69 Å². The van der Waals surface area contributed by atoms with E-state index in [9.17, 15) is 4.79 Å². The van der Waals surface area contributed by atoms with Gasteiger partial charge in [-0.15, -0.1) is 0 Å². The van der Waals surface area contributed by atoms with E-state index < -0.39 is 0 Å². The van der Waals surface area contributed by atoms with Crippen LogP contribution in [-0.2, 0) is 6.54 Å². The number of benzene rings is 1. The third kappa shape index (κ3) is 1.91. The maximum atomic E-state index is 11.9. The molecule has 1 aromatic heterocycles. The molecule has 1 N–H and O–H groups in total. The number of nitriles is 1. The average Bonchev–Trinajstić information content (AvgIpc) is 2.83. The molecule has 0 saturated carbocycles. The molecule has 0 radical (unpaired) electrons. The van der Waals surface area contributed by atoms with Crippen molar-refractivity contribution in [2.45, 2.75) is 6.54 Å². The Morgan fingerprint density at radius 3 is 2.89 bits per heavy atom. The predicted octanol–water partition coefficient (Wildman–Crippen LogP) is 1.74. The Morgan fingerprint density at radius 2 is 2.16 bits per heavy atom. The van der Waals surface area contributed by atoms with Crippen LogP contribution in [0.4, 0.5) is 10.6 Å². The summed E-state index contributed by atoms with van der Waals surface area (Å²) in [6, 6.07) is 11.3. The van der Waals surface area contributed by atoms with Crippen LogP contribution < -0.4 is 5.32 Å². The van der Waals surface area contributed by atoms with Crippen molar-refractivity contribution in [2.24, 2.45) is 0 Å². The van der Waals surface area contributed by atoms with Gasteiger partial charge in [0.15, 0.2) is 0 Å². The van der Waals surface area contributed by atoms with Gasteiger partial charge in [-0.25, -0.2) is 9.48 Å². The summed E-state index contributed by atoms with van der Waals surface area (Å²) in [5.41, 5.74) is 1.79. The van der Waals surface area contributed by atoms with E-state index in [1.165, 1.54) is 4.90 Å². The number of para-hydroxylation sites is 1. The van der Waals surface area contributed by atoms with Crippen LogP contribution in [0.5, 0.6) is 0 Å². The van der Waals surface area contributed by atoms with Crippen molar-refractivity contribution in [1.29, 1.82) is 5.26 Å². The summed E-state index contributed by atoms with van der Waals surface area (Å²) in [5, 5.41) is 15.7. The molecule has 0 atom stereocenters. The molecule has 1 aromatic carbocycles. The zero-order valence-corrected chi connectivity index (χ0v) is 10.1. The van der Waals surface area contributed by atoms with Crippen LogP contribution in [0.15, 0.2) is 36.5 Å². The molecule has 6 nitrogen and oxygen atoms in total. The number of aromatic nitrogens is 2. The predicted molar refractivity (Wildman–Crippen MR) is 68.6 cm³/mol. The molecular weight excluding hydrogens is 242 g/mol. The molecular formula is C13H11N5O. The van der Waals surface area contributed by atoms with E-state index in [2.05, 4.69) is 10.4 Å². The molecule has 6 heteroatoms. The fourth-order valence-electron chi connectivity index (χ4n) is 2.07. The fourth-order valence-corrected chi connectivity index (χ4v) is 2.07. The van der Waals surface area contributed by atoms with Gasteiger partial charge in [-0.3, -0.25) is 5.32 Å². The lowest BCUT2D eigenvalue weighted by molar-refractivity contribution is 0.213. The smallest absolute Gasteiger partial charge is 0.307 e. The maximum Gasteiger partial charge on any atom is 0.324 e. The van der Waals surface area contributed by atoms with E-state index in [4.69, 9.17) is 5.26 Å². The zero-order valence-electron chi connectivity index (χ0n) is 10.1. The van der Waals surface area contributed by atoms with Crippen LogP contribution in [0, 0.1) is 11.3 Å². The van der Waals surface area contributed by atoms with Gasteiger partial charge in [0.2, 0.25) is 0 Å². The summed E-state index contributed by atoms with van der Waals surface area (Å²) in [4.78, 5) is 13.3. The highest BCUT2D eigenvalue weighted by Crippen LogP contribution is 2.25. The molecule has 0 fully saturated rings. The van der Waals surface area contributed by atoms with Crippen molar-refractivity contribution < 1.29 is 4.79 Å². The number of hydrogen-bond acceptors (Lipinski definition) is 3. The number of carbonyl (C=O) groups excluding carboxylic acids is 1. The number of urea groups is 1. The van der Waals surface area contributed by atoms with Crippen molar-refractivity contribution in [2.75, 3.05) is 11.9 Å². The molecule has 0 unspecified atom stereocenters. The molecule has 0 bridgehead atoms. The molecule has 0 spiro atoms. The van der Waals surface area contributed by atoms with Crippen LogP contribution in [-0.4, -0.2) is 27.3 Å². The highest BCUT2D eigenvalue weighted by Gasteiger charge is 2.26. The fraction of sp³-hybridized carbons (Fsp3) is 0.154. The molecule has 2 aromatic rings. The van der Waals surface area contributed by atoms with E-state index in [0.29, 0.717) is 12.4 Å². The van der Waals surface area contributed by atoms with Gasteiger partial charge >= 0.3 is 6.03 Å². The largest absolute Gasteiger partial charge is 0.324 e. The average molecular weight is 253 g/mol.